The number of aromatic nitrogens is 2. The Hall–Kier alpha value is -2.88. The summed E-state index contributed by atoms with van der Waals surface area (Å²) in [4.78, 5) is 21.1. The standard InChI is InChI=1S/C33H39F2N5OS/c34-24-12-16-39(17-13-24)15-2-1-5-29(41)23-9-11-28-30(19-23)42-33-38-31(32(40(28)33)37-20-21-6-7-21)25-10-8-22(18-26(25)35)27-4-3-14-36-27/h8-11,18-19,21,24,27,36-37H,1-7,12-17,20H2/t27-/m1/s1. The summed E-state index contributed by atoms with van der Waals surface area (Å²) in [5.74, 6) is 1.38. The zero-order chi connectivity index (χ0) is 28.6. The summed E-state index contributed by atoms with van der Waals surface area (Å²) in [5.41, 5.74) is 3.85. The Labute approximate surface area is 249 Å². The van der Waals surface area contributed by atoms with Crippen molar-refractivity contribution in [3.63, 3.8) is 0 Å². The molecule has 1 saturated carbocycles. The molecule has 7 rings (SSSR count). The largest absolute Gasteiger partial charge is 0.369 e. The van der Waals surface area contributed by atoms with Crippen molar-refractivity contribution < 1.29 is 13.6 Å². The normalized spacial score (nSPS) is 20.2. The zero-order valence-corrected chi connectivity index (χ0v) is 24.8. The summed E-state index contributed by atoms with van der Waals surface area (Å²) < 4.78 is 32.0. The van der Waals surface area contributed by atoms with Gasteiger partial charge < -0.3 is 15.5 Å². The molecule has 4 aromatic rings. The van der Waals surface area contributed by atoms with Crippen molar-refractivity contribution in [3.8, 4) is 11.3 Å². The summed E-state index contributed by atoms with van der Waals surface area (Å²) in [6.45, 7) is 4.39. The quantitative estimate of drug-likeness (QED) is 0.141. The molecule has 222 valence electrons. The first kappa shape index (κ1) is 27.9. The molecule has 6 nitrogen and oxygen atoms in total. The minimum absolute atomic E-state index is 0.150. The minimum atomic E-state index is -0.652. The molecule has 42 heavy (non-hydrogen) atoms. The summed E-state index contributed by atoms with van der Waals surface area (Å²) in [7, 11) is 0. The van der Waals surface area contributed by atoms with Gasteiger partial charge in [-0.3, -0.25) is 9.20 Å². The van der Waals surface area contributed by atoms with Gasteiger partial charge in [0.05, 0.1) is 10.2 Å². The van der Waals surface area contributed by atoms with Crippen LogP contribution in [0.1, 0.15) is 79.8 Å². The Kier molecular flexibility index (Phi) is 7.99. The smallest absolute Gasteiger partial charge is 0.197 e. The number of Topliss-reactive ketones (excluding diaryl/α,β-unsaturated/α-hetero) is 1. The molecule has 2 aliphatic heterocycles. The predicted octanol–water partition coefficient (Wildman–Crippen LogP) is 7.39. The van der Waals surface area contributed by atoms with E-state index in [2.05, 4.69) is 19.9 Å². The van der Waals surface area contributed by atoms with Crippen molar-refractivity contribution in [2.45, 2.75) is 70.0 Å². The Balaban J connectivity index is 1.11. The number of anilines is 1. The monoisotopic (exact) mass is 591 g/mol. The van der Waals surface area contributed by atoms with E-state index in [0.29, 0.717) is 36.4 Å². The molecule has 1 atom stereocenters. The number of rotatable bonds is 11. The SMILES string of the molecule is O=C(CCCCN1CCC(F)CC1)c1ccc2c(c1)sc1nc(-c3ccc([C@H]4CCCN4)cc3F)c(NCC3CC3)n12. The second-order valence-corrected chi connectivity index (χ2v) is 13.3. The number of hydrogen-bond donors (Lipinski definition) is 2. The molecular weight excluding hydrogens is 552 g/mol. The number of alkyl halides is 1. The average Bonchev–Trinajstić information content (AvgIpc) is 3.37. The number of unbranched alkanes of at least 4 members (excludes halogenated alkanes) is 1. The second kappa shape index (κ2) is 12.0. The van der Waals surface area contributed by atoms with E-state index in [-0.39, 0.29) is 17.6 Å². The number of nitrogens with one attached hydrogen (secondary N) is 2. The van der Waals surface area contributed by atoms with E-state index in [1.807, 2.05) is 30.3 Å². The highest BCUT2D eigenvalue weighted by molar-refractivity contribution is 7.23. The van der Waals surface area contributed by atoms with Gasteiger partial charge in [0, 0.05) is 43.2 Å². The fourth-order valence-electron chi connectivity index (χ4n) is 6.46. The van der Waals surface area contributed by atoms with E-state index in [0.717, 1.165) is 90.5 Å². The number of nitrogens with zero attached hydrogens (tertiary/aromatic N) is 3. The molecule has 3 aliphatic rings. The van der Waals surface area contributed by atoms with Crippen LogP contribution in [0.3, 0.4) is 0 Å². The van der Waals surface area contributed by atoms with E-state index in [1.54, 1.807) is 6.07 Å². The number of benzene rings is 2. The van der Waals surface area contributed by atoms with E-state index in [1.165, 1.54) is 24.2 Å². The van der Waals surface area contributed by atoms with Crippen molar-refractivity contribution in [3.05, 3.63) is 53.3 Å². The Morgan fingerprint density at radius 1 is 1.07 bits per heavy atom. The third-order valence-electron chi connectivity index (χ3n) is 9.18. The molecule has 3 fully saturated rings. The maximum atomic E-state index is 15.6. The van der Waals surface area contributed by atoms with E-state index >= 15 is 4.39 Å². The predicted molar refractivity (Wildman–Crippen MR) is 166 cm³/mol. The molecular formula is C33H39F2N5OS. The van der Waals surface area contributed by atoms with Crippen LogP contribution in [0.4, 0.5) is 14.6 Å². The first-order valence-corrected chi connectivity index (χ1v) is 16.5. The fourth-order valence-corrected chi connectivity index (χ4v) is 7.52. The zero-order valence-electron chi connectivity index (χ0n) is 24.0. The number of halogens is 2. The summed E-state index contributed by atoms with van der Waals surface area (Å²) in [5, 5.41) is 7.06. The number of thiazole rings is 1. The molecule has 0 spiro atoms. The Morgan fingerprint density at radius 3 is 2.69 bits per heavy atom. The highest BCUT2D eigenvalue weighted by atomic mass is 32.1. The third kappa shape index (κ3) is 5.83. The van der Waals surface area contributed by atoms with Gasteiger partial charge in [-0.15, -0.1) is 0 Å². The lowest BCUT2D eigenvalue weighted by molar-refractivity contribution is 0.0976. The van der Waals surface area contributed by atoms with Crippen LogP contribution in [0.25, 0.3) is 26.4 Å². The Morgan fingerprint density at radius 2 is 1.93 bits per heavy atom. The van der Waals surface area contributed by atoms with Crippen molar-refractivity contribution in [1.29, 1.82) is 0 Å². The van der Waals surface area contributed by atoms with Crippen LogP contribution < -0.4 is 10.6 Å². The van der Waals surface area contributed by atoms with Crippen molar-refractivity contribution in [1.82, 2.24) is 19.6 Å². The van der Waals surface area contributed by atoms with Crippen molar-refractivity contribution >= 4 is 38.1 Å². The summed E-state index contributed by atoms with van der Waals surface area (Å²) >= 11 is 1.54. The van der Waals surface area contributed by atoms with Crippen LogP contribution in [-0.2, 0) is 0 Å². The molecule has 9 heteroatoms. The molecule has 2 aromatic carbocycles. The number of carbonyl (C=O) groups is 1. The first-order valence-electron chi connectivity index (χ1n) is 15.6. The van der Waals surface area contributed by atoms with Crippen LogP contribution in [0, 0.1) is 11.7 Å². The summed E-state index contributed by atoms with van der Waals surface area (Å²) in [6.07, 6.45) is 7.47. The van der Waals surface area contributed by atoms with E-state index in [9.17, 15) is 9.18 Å². The van der Waals surface area contributed by atoms with Gasteiger partial charge >= 0.3 is 0 Å². The van der Waals surface area contributed by atoms with E-state index < -0.39 is 6.17 Å². The van der Waals surface area contributed by atoms with Crippen LogP contribution in [0.2, 0.25) is 0 Å². The van der Waals surface area contributed by atoms with Crippen LogP contribution >= 0.6 is 11.3 Å². The molecule has 2 N–H and O–H groups in total. The molecule has 0 amide bonds. The maximum Gasteiger partial charge on any atom is 0.197 e. The highest BCUT2D eigenvalue weighted by Crippen LogP contribution is 2.39. The first-order chi connectivity index (χ1) is 20.5. The molecule has 0 unspecified atom stereocenters. The molecule has 2 aromatic heterocycles. The van der Waals surface area contributed by atoms with Gasteiger partial charge in [-0.1, -0.05) is 17.4 Å². The van der Waals surface area contributed by atoms with Crippen molar-refractivity contribution in [2.75, 3.05) is 38.0 Å². The number of piperidine rings is 1. The van der Waals surface area contributed by atoms with Gasteiger partial charge in [0.15, 0.2) is 10.7 Å². The van der Waals surface area contributed by atoms with Gasteiger partial charge in [0.1, 0.15) is 23.5 Å². The average molecular weight is 592 g/mol. The third-order valence-corrected chi connectivity index (χ3v) is 10.2. The summed E-state index contributed by atoms with van der Waals surface area (Å²) in [6, 6.07) is 11.7. The van der Waals surface area contributed by atoms with Crippen LogP contribution in [-0.4, -0.2) is 59.0 Å². The number of carbonyl (C=O) groups excluding carboxylic acids is 1. The molecule has 2 saturated heterocycles. The van der Waals surface area contributed by atoms with Gasteiger partial charge in [0.25, 0.3) is 0 Å². The number of ketones is 1. The van der Waals surface area contributed by atoms with Gasteiger partial charge in [0.2, 0.25) is 0 Å². The molecule has 0 radical (unpaired) electrons. The lowest BCUT2D eigenvalue weighted by Crippen LogP contribution is -2.35. The number of imidazole rings is 1. The molecule has 0 bridgehead atoms. The van der Waals surface area contributed by atoms with Crippen LogP contribution in [0.5, 0.6) is 0 Å². The minimum Gasteiger partial charge on any atom is -0.369 e. The van der Waals surface area contributed by atoms with Crippen LogP contribution in [0.15, 0.2) is 36.4 Å². The van der Waals surface area contributed by atoms with Gasteiger partial charge in [-0.05, 0) is 106 Å². The highest BCUT2D eigenvalue weighted by Gasteiger charge is 2.26. The van der Waals surface area contributed by atoms with E-state index in [4.69, 9.17) is 4.98 Å². The lowest BCUT2D eigenvalue weighted by atomic mass is 10.0. The molecule has 4 heterocycles. The molecule has 1 aliphatic carbocycles. The fraction of sp³-hybridized carbons (Fsp3) is 0.515. The number of likely N-dealkylation sites (tertiary alicyclic amines) is 1. The number of fused-ring (bicyclic) bond motifs is 3. The Bertz CT molecular complexity index is 1580. The van der Waals surface area contributed by atoms with Gasteiger partial charge in [-0.2, -0.15) is 0 Å². The lowest BCUT2D eigenvalue weighted by Gasteiger charge is -2.28. The number of hydrogen-bond acceptors (Lipinski definition) is 6. The second-order valence-electron chi connectivity index (χ2n) is 12.3. The maximum absolute atomic E-state index is 15.6. The van der Waals surface area contributed by atoms with Crippen molar-refractivity contribution in [2.24, 2.45) is 5.92 Å². The topological polar surface area (TPSA) is 61.7 Å². The van der Waals surface area contributed by atoms with Gasteiger partial charge in [-0.25, -0.2) is 13.8 Å².